The third-order valence-electron chi connectivity index (χ3n) is 1.53. The van der Waals surface area contributed by atoms with Gasteiger partial charge in [-0.3, -0.25) is 4.68 Å². The van der Waals surface area contributed by atoms with E-state index in [0.717, 1.165) is 11.3 Å². The Morgan fingerprint density at radius 2 is 2.45 bits per heavy atom. The van der Waals surface area contributed by atoms with Gasteiger partial charge in [0.2, 0.25) is 0 Å². The predicted molar refractivity (Wildman–Crippen MR) is 40.5 cm³/mol. The zero-order chi connectivity index (χ0) is 8.43. The van der Waals surface area contributed by atoms with Gasteiger partial charge in [0.1, 0.15) is 6.04 Å². The quantitative estimate of drug-likeness (QED) is 0.624. The lowest BCUT2D eigenvalue weighted by molar-refractivity contribution is 0.756. The van der Waals surface area contributed by atoms with Crippen LogP contribution in [0.4, 0.5) is 0 Å². The summed E-state index contributed by atoms with van der Waals surface area (Å²) in [6.07, 6.45) is 1.77. The van der Waals surface area contributed by atoms with E-state index in [4.69, 9.17) is 11.0 Å². The van der Waals surface area contributed by atoms with Crippen molar-refractivity contribution in [2.24, 2.45) is 12.8 Å². The number of hydrogen-bond donors (Lipinski definition) is 1. The van der Waals surface area contributed by atoms with Crippen molar-refractivity contribution in [2.45, 2.75) is 13.0 Å². The molecule has 58 valence electrons. The molecule has 0 fully saturated rings. The lowest BCUT2D eigenvalue weighted by atomic mass is 10.1. The minimum absolute atomic E-state index is 0.552. The summed E-state index contributed by atoms with van der Waals surface area (Å²) >= 11 is 0. The predicted octanol–water partition coefficient (Wildman–Crippen LogP) is 0.252. The van der Waals surface area contributed by atoms with E-state index in [1.165, 1.54) is 0 Å². The van der Waals surface area contributed by atoms with E-state index < -0.39 is 6.04 Å². The highest BCUT2D eigenvalue weighted by molar-refractivity contribution is 5.24. The van der Waals surface area contributed by atoms with Crippen LogP contribution in [-0.2, 0) is 7.05 Å². The van der Waals surface area contributed by atoms with Crippen LogP contribution in [0.3, 0.4) is 0 Å². The van der Waals surface area contributed by atoms with Crippen molar-refractivity contribution in [3.8, 4) is 6.07 Å². The van der Waals surface area contributed by atoms with Gasteiger partial charge in [0.05, 0.1) is 11.8 Å². The van der Waals surface area contributed by atoms with Gasteiger partial charge >= 0.3 is 0 Å². The Balaban J connectivity index is 3.05. The second kappa shape index (κ2) is 2.72. The Morgan fingerprint density at radius 1 is 1.82 bits per heavy atom. The maximum absolute atomic E-state index is 8.51. The zero-order valence-corrected chi connectivity index (χ0v) is 6.57. The van der Waals surface area contributed by atoms with Gasteiger partial charge < -0.3 is 5.73 Å². The Kier molecular flexibility index (Phi) is 1.92. The van der Waals surface area contributed by atoms with Crippen molar-refractivity contribution < 1.29 is 0 Å². The minimum atomic E-state index is -0.552. The maximum atomic E-state index is 8.51. The molecule has 0 saturated carbocycles. The van der Waals surface area contributed by atoms with E-state index >= 15 is 0 Å². The maximum Gasteiger partial charge on any atom is 0.122 e. The summed E-state index contributed by atoms with van der Waals surface area (Å²) in [6, 6.07) is 1.41. The smallest absolute Gasteiger partial charge is 0.122 e. The van der Waals surface area contributed by atoms with Crippen LogP contribution >= 0.6 is 0 Å². The molecule has 4 nitrogen and oxygen atoms in total. The van der Waals surface area contributed by atoms with Crippen molar-refractivity contribution in [1.29, 1.82) is 5.26 Å². The van der Waals surface area contributed by atoms with Gasteiger partial charge in [-0.1, -0.05) is 0 Å². The Bertz CT molecular complexity index is 294. The molecule has 0 aliphatic carbocycles. The second-order valence-corrected chi connectivity index (χ2v) is 2.45. The molecule has 4 heteroatoms. The molecule has 1 aromatic heterocycles. The fraction of sp³-hybridized carbons (Fsp3) is 0.429. The zero-order valence-electron chi connectivity index (χ0n) is 6.57. The average Bonchev–Trinajstić information content (AvgIpc) is 2.28. The lowest BCUT2D eigenvalue weighted by Gasteiger charge is -1.96. The van der Waals surface area contributed by atoms with Gasteiger partial charge in [-0.05, 0) is 6.92 Å². The first-order valence-corrected chi connectivity index (χ1v) is 3.30. The van der Waals surface area contributed by atoms with E-state index in [9.17, 15) is 0 Å². The molecule has 1 heterocycles. The molecule has 0 aliphatic heterocycles. The molecule has 0 aliphatic rings. The molecule has 2 N–H and O–H groups in total. The first kappa shape index (κ1) is 7.76. The van der Waals surface area contributed by atoms with Crippen LogP contribution in [0.2, 0.25) is 0 Å². The average molecular weight is 150 g/mol. The summed E-state index contributed by atoms with van der Waals surface area (Å²) in [5.41, 5.74) is 7.12. The molecule has 0 saturated heterocycles. The Labute approximate surface area is 65.2 Å². The van der Waals surface area contributed by atoms with Crippen molar-refractivity contribution in [1.82, 2.24) is 9.78 Å². The van der Waals surface area contributed by atoms with Crippen LogP contribution in [0.1, 0.15) is 17.3 Å². The van der Waals surface area contributed by atoms with E-state index in [1.54, 1.807) is 17.9 Å². The first-order valence-electron chi connectivity index (χ1n) is 3.30. The first-order chi connectivity index (χ1) is 5.15. The van der Waals surface area contributed by atoms with Crippen LogP contribution in [0, 0.1) is 18.3 Å². The van der Waals surface area contributed by atoms with Gasteiger partial charge in [0.25, 0.3) is 0 Å². The molecule has 0 aromatic carbocycles. The van der Waals surface area contributed by atoms with Gasteiger partial charge in [0, 0.05) is 18.8 Å². The third-order valence-corrected chi connectivity index (χ3v) is 1.53. The largest absolute Gasteiger partial charge is 0.312 e. The molecule has 0 spiro atoms. The minimum Gasteiger partial charge on any atom is -0.312 e. The number of aryl methyl sites for hydroxylation is 2. The van der Waals surface area contributed by atoms with E-state index in [2.05, 4.69) is 5.10 Å². The SMILES string of the molecule is Cc1nn(C)cc1C(N)C#N. The van der Waals surface area contributed by atoms with E-state index in [-0.39, 0.29) is 0 Å². The number of aromatic nitrogens is 2. The summed E-state index contributed by atoms with van der Waals surface area (Å²) < 4.78 is 1.65. The van der Waals surface area contributed by atoms with Crippen LogP contribution < -0.4 is 5.73 Å². The Hall–Kier alpha value is -1.34. The van der Waals surface area contributed by atoms with Crippen molar-refractivity contribution in [3.05, 3.63) is 17.5 Å². The number of nitrogens with zero attached hydrogens (tertiary/aromatic N) is 3. The molecule has 0 amide bonds. The molecule has 1 rings (SSSR count). The molecule has 0 bridgehead atoms. The third kappa shape index (κ3) is 1.38. The van der Waals surface area contributed by atoms with E-state index in [1.807, 2.05) is 13.0 Å². The van der Waals surface area contributed by atoms with Crippen LogP contribution in [0.15, 0.2) is 6.20 Å². The summed E-state index contributed by atoms with van der Waals surface area (Å²) in [5.74, 6) is 0. The van der Waals surface area contributed by atoms with Crippen molar-refractivity contribution in [2.75, 3.05) is 0 Å². The molecular formula is C7H10N4. The topological polar surface area (TPSA) is 67.6 Å². The standard InChI is InChI=1S/C7H10N4/c1-5-6(7(9)3-8)4-11(2)10-5/h4,7H,9H2,1-2H3. The molecule has 1 aromatic rings. The molecule has 11 heavy (non-hydrogen) atoms. The molecule has 1 unspecified atom stereocenters. The number of nitrogens with two attached hydrogens (primary N) is 1. The summed E-state index contributed by atoms with van der Waals surface area (Å²) in [6.45, 7) is 1.84. The number of hydrogen-bond acceptors (Lipinski definition) is 3. The van der Waals surface area contributed by atoms with Gasteiger partial charge in [-0.25, -0.2) is 0 Å². The Morgan fingerprint density at radius 3 is 2.82 bits per heavy atom. The summed E-state index contributed by atoms with van der Waals surface area (Å²) in [4.78, 5) is 0. The van der Waals surface area contributed by atoms with Crippen LogP contribution in [0.5, 0.6) is 0 Å². The highest BCUT2D eigenvalue weighted by Gasteiger charge is 2.09. The van der Waals surface area contributed by atoms with E-state index in [0.29, 0.717) is 0 Å². The molecule has 0 radical (unpaired) electrons. The lowest BCUT2D eigenvalue weighted by Crippen LogP contribution is -2.07. The number of rotatable bonds is 1. The fourth-order valence-electron chi connectivity index (χ4n) is 0.993. The molecule has 1 atom stereocenters. The second-order valence-electron chi connectivity index (χ2n) is 2.45. The molecular weight excluding hydrogens is 140 g/mol. The highest BCUT2D eigenvalue weighted by atomic mass is 15.2. The number of nitriles is 1. The van der Waals surface area contributed by atoms with Gasteiger partial charge in [-0.2, -0.15) is 10.4 Å². The summed E-state index contributed by atoms with van der Waals surface area (Å²) in [7, 11) is 1.81. The van der Waals surface area contributed by atoms with Gasteiger partial charge in [-0.15, -0.1) is 0 Å². The summed E-state index contributed by atoms with van der Waals surface area (Å²) in [5, 5.41) is 12.6. The van der Waals surface area contributed by atoms with Crippen LogP contribution in [0.25, 0.3) is 0 Å². The van der Waals surface area contributed by atoms with Crippen LogP contribution in [-0.4, -0.2) is 9.78 Å². The normalized spacial score (nSPS) is 12.5. The highest BCUT2D eigenvalue weighted by Crippen LogP contribution is 2.11. The monoisotopic (exact) mass is 150 g/mol. The van der Waals surface area contributed by atoms with Gasteiger partial charge in [0.15, 0.2) is 0 Å². The van der Waals surface area contributed by atoms with Crippen molar-refractivity contribution in [3.63, 3.8) is 0 Å². The fourth-order valence-corrected chi connectivity index (χ4v) is 0.993. The van der Waals surface area contributed by atoms with Crippen molar-refractivity contribution >= 4 is 0 Å².